The molecule has 24 heavy (non-hydrogen) atoms. The molecule has 1 N–H and O–H groups in total. The SMILES string of the molecule is O=C(NCC1CCCN(Cc2cccnc2)C1)c1ccc(Cl)cn1. The number of nitrogens with zero attached hydrogens (tertiary/aromatic N) is 3. The zero-order chi connectivity index (χ0) is 16.8. The molecule has 0 bridgehead atoms. The second-order valence-electron chi connectivity index (χ2n) is 6.18. The summed E-state index contributed by atoms with van der Waals surface area (Å²) in [5, 5.41) is 3.52. The largest absolute Gasteiger partial charge is 0.350 e. The number of hydrogen-bond acceptors (Lipinski definition) is 4. The van der Waals surface area contributed by atoms with Crippen LogP contribution < -0.4 is 5.32 Å². The Balaban J connectivity index is 1.48. The molecule has 0 radical (unpaired) electrons. The molecule has 1 amide bonds. The van der Waals surface area contributed by atoms with Gasteiger partial charge in [-0.3, -0.25) is 14.7 Å². The summed E-state index contributed by atoms with van der Waals surface area (Å²) < 4.78 is 0. The highest BCUT2D eigenvalue weighted by Crippen LogP contribution is 2.18. The highest BCUT2D eigenvalue weighted by Gasteiger charge is 2.21. The van der Waals surface area contributed by atoms with Crippen molar-refractivity contribution in [3.63, 3.8) is 0 Å². The van der Waals surface area contributed by atoms with E-state index < -0.39 is 0 Å². The third-order valence-corrected chi connectivity index (χ3v) is 4.47. The van der Waals surface area contributed by atoms with Crippen LogP contribution in [0.5, 0.6) is 0 Å². The molecule has 1 aliphatic rings. The summed E-state index contributed by atoms with van der Waals surface area (Å²) in [7, 11) is 0. The Kier molecular flexibility index (Phi) is 5.77. The van der Waals surface area contributed by atoms with Crippen LogP contribution in [-0.4, -0.2) is 40.4 Å². The van der Waals surface area contributed by atoms with Crippen LogP contribution in [0.15, 0.2) is 42.9 Å². The van der Waals surface area contributed by atoms with Crippen LogP contribution in [0.2, 0.25) is 5.02 Å². The molecule has 3 rings (SSSR count). The number of likely N-dealkylation sites (tertiary alicyclic amines) is 1. The molecule has 126 valence electrons. The van der Waals surface area contributed by atoms with Gasteiger partial charge in [0.2, 0.25) is 0 Å². The lowest BCUT2D eigenvalue weighted by atomic mass is 9.97. The molecule has 0 saturated carbocycles. The summed E-state index contributed by atoms with van der Waals surface area (Å²) in [6.07, 6.45) is 7.49. The van der Waals surface area contributed by atoms with E-state index in [4.69, 9.17) is 11.6 Å². The maximum atomic E-state index is 12.1. The molecular formula is C18H21ClN4O. The minimum Gasteiger partial charge on any atom is -0.350 e. The van der Waals surface area contributed by atoms with E-state index in [-0.39, 0.29) is 5.91 Å². The van der Waals surface area contributed by atoms with Gasteiger partial charge in [-0.2, -0.15) is 0 Å². The number of hydrogen-bond donors (Lipinski definition) is 1. The molecule has 0 aliphatic carbocycles. The van der Waals surface area contributed by atoms with Crippen LogP contribution in [0.25, 0.3) is 0 Å². The van der Waals surface area contributed by atoms with Crippen molar-refractivity contribution in [2.45, 2.75) is 19.4 Å². The molecule has 0 spiro atoms. The first kappa shape index (κ1) is 16.9. The lowest BCUT2D eigenvalue weighted by Crippen LogP contribution is -2.40. The van der Waals surface area contributed by atoms with Gasteiger partial charge in [-0.05, 0) is 49.1 Å². The molecule has 1 fully saturated rings. The van der Waals surface area contributed by atoms with Gasteiger partial charge in [0.25, 0.3) is 5.91 Å². The second-order valence-corrected chi connectivity index (χ2v) is 6.61. The fraction of sp³-hybridized carbons (Fsp3) is 0.389. The number of piperidine rings is 1. The lowest BCUT2D eigenvalue weighted by molar-refractivity contribution is 0.0925. The number of halogens is 1. The highest BCUT2D eigenvalue weighted by molar-refractivity contribution is 6.30. The fourth-order valence-corrected chi connectivity index (χ4v) is 3.16. The Morgan fingerprint density at radius 1 is 1.33 bits per heavy atom. The zero-order valence-corrected chi connectivity index (χ0v) is 14.2. The Morgan fingerprint density at radius 3 is 3.00 bits per heavy atom. The zero-order valence-electron chi connectivity index (χ0n) is 13.5. The van der Waals surface area contributed by atoms with Crippen molar-refractivity contribution in [1.29, 1.82) is 0 Å². The number of carbonyl (C=O) groups is 1. The summed E-state index contributed by atoms with van der Waals surface area (Å²) in [5.41, 5.74) is 1.63. The molecule has 6 heteroatoms. The van der Waals surface area contributed by atoms with E-state index in [1.54, 1.807) is 18.3 Å². The molecule has 5 nitrogen and oxygen atoms in total. The molecule has 3 heterocycles. The lowest BCUT2D eigenvalue weighted by Gasteiger charge is -2.32. The van der Waals surface area contributed by atoms with E-state index in [0.29, 0.717) is 23.2 Å². The second kappa shape index (κ2) is 8.22. The van der Waals surface area contributed by atoms with E-state index in [1.165, 1.54) is 11.8 Å². The van der Waals surface area contributed by atoms with Crippen molar-refractivity contribution in [3.05, 3.63) is 59.1 Å². The van der Waals surface area contributed by atoms with Crippen molar-refractivity contribution in [2.24, 2.45) is 5.92 Å². The Labute approximate surface area is 147 Å². The minimum absolute atomic E-state index is 0.143. The van der Waals surface area contributed by atoms with Crippen LogP contribution >= 0.6 is 11.6 Å². The van der Waals surface area contributed by atoms with E-state index in [9.17, 15) is 4.79 Å². The maximum absolute atomic E-state index is 12.1. The minimum atomic E-state index is -0.143. The Bertz CT molecular complexity index is 662. The van der Waals surface area contributed by atoms with Gasteiger partial charge in [0.15, 0.2) is 0 Å². The molecule has 2 aromatic heterocycles. The fourth-order valence-electron chi connectivity index (χ4n) is 3.05. The molecule has 1 saturated heterocycles. The summed E-state index contributed by atoms with van der Waals surface area (Å²) in [6, 6.07) is 7.40. The van der Waals surface area contributed by atoms with Gasteiger partial charge in [-0.15, -0.1) is 0 Å². The third kappa shape index (κ3) is 4.76. The van der Waals surface area contributed by atoms with E-state index in [0.717, 1.165) is 32.5 Å². The summed E-state index contributed by atoms with van der Waals surface area (Å²) >= 11 is 5.79. The topological polar surface area (TPSA) is 58.1 Å². The molecular weight excluding hydrogens is 324 g/mol. The van der Waals surface area contributed by atoms with Crippen LogP contribution in [-0.2, 0) is 6.54 Å². The molecule has 2 aromatic rings. The van der Waals surface area contributed by atoms with E-state index >= 15 is 0 Å². The van der Waals surface area contributed by atoms with Crippen LogP contribution in [0.3, 0.4) is 0 Å². The highest BCUT2D eigenvalue weighted by atomic mass is 35.5. The van der Waals surface area contributed by atoms with Crippen LogP contribution in [0.4, 0.5) is 0 Å². The first-order chi connectivity index (χ1) is 11.7. The number of rotatable bonds is 5. The molecule has 0 aromatic carbocycles. The normalized spacial score (nSPS) is 18.3. The monoisotopic (exact) mass is 344 g/mol. The predicted octanol–water partition coefficient (Wildman–Crippen LogP) is 2.77. The van der Waals surface area contributed by atoms with Gasteiger partial charge >= 0.3 is 0 Å². The van der Waals surface area contributed by atoms with Crippen LogP contribution in [0, 0.1) is 5.92 Å². The van der Waals surface area contributed by atoms with Crippen molar-refractivity contribution < 1.29 is 4.79 Å². The standard InChI is InChI=1S/C18H21ClN4O/c19-16-5-6-17(21-11-16)18(24)22-10-15-4-2-8-23(13-15)12-14-3-1-7-20-9-14/h1,3,5-7,9,11,15H,2,4,8,10,12-13H2,(H,22,24). The van der Waals surface area contributed by atoms with Gasteiger partial charge in [0, 0.05) is 38.2 Å². The number of pyridine rings is 2. The molecule has 1 aliphatic heterocycles. The van der Waals surface area contributed by atoms with Gasteiger partial charge in [-0.1, -0.05) is 17.7 Å². The number of carbonyl (C=O) groups excluding carboxylic acids is 1. The number of nitrogens with one attached hydrogen (secondary N) is 1. The first-order valence-electron chi connectivity index (χ1n) is 8.22. The summed E-state index contributed by atoms with van der Waals surface area (Å²) in [6.45, 7) is 3.67. The van der Waals surface area contributed by atoms with E-state index in [1.807, 2.05) is 12.3 Å². The summed E-state index contributed by atoms with van der Waals surface area (Å²) in [4.78, 5) is 22.8. The Hall–Kier alpha value is -1.98. The van der Waals surface area contributed by atoms with E-state index in [2.05, 4.69) is 26.3 Å². The van der Waals surface area contributed by atoms with Gasteiger partial charge < -0.3 is 5.32 Å². The third-order valence-electron chi connectivity index (χ3n) is 4.24. The van der Waals surface area contributed by atoms with Gasteiger partial charge in [-0.25, -0.2) is 4.98 Å². The van der Waals surface area contributed by atoms with Crippen molar-refractivity contribution in [2.75, 3.05) is 19.6 Å². The van der Waals surface area contributed by atoms with Crippen molar-refractivity contribution in [3.8, 4) is 0 Å². The summed E-state index contributed by atoms with van der Waals surface area (Å²) in [5.74, 6) is 0.322. The van der Waals surface area contributed by atoms with Crippen molar-refractivity contribution >= 4 is 17.5 Å². The van der Waals surface area contributed by atoms with Crippen molar-refractivity contribution in [1.82, 2.24) is 20.2 Å². The van der Waals surface area contributed by atoms with Crippen LogP contribution in [0.1, 0.15) is 28.9 Å². The molecule has 1 atom stereocenters. The van der Waals surface area contributed by atoms with Gasteiger partial charge in [0.1, 0.15) is 5.69 Å². The average molecular weight is 345 g/mol. The quantitative estimate of drug-likeness (QED) is 0.906. The Morgan fingerprint density at radius 2 is 2.25 bits per heavy atom. The first-order valence-corrected chi connectivity index (χ1v) is 8.59. The smallest absolute Gasteiger partial charge is 0.269 e. The average Bonchev–Trinajstić information content (AvgIpc) is 2.61. The number of aromatic nitrogens is 2. The van der Waals surface area contributed by atoms with Gasteiger partial charge in [0.05, 0.1) is 5.02 Å². The maximum Gasteiger partial charge on any atom is 0.269 e. The molecule has 1 unspecified atom stereocenters. The predicted molar refractivity (Wildman–Crippen MR) is 93.8 cm³/mol. The number of amides is 1.